The zero-order valence-corrected chi connectivity index (χ0v) is 11.1. The fourth-order valence-electron chi connectivity index (χ4n) is 1.74. The Bertz CT molecular complexity index is 628. The van der Waals surface area contributed by atoms with Crippen LogP contribution in [0.5, 0.6) is 0 Å². The normalized spacial score (nSPS) is 10.2. The van der Waals surface area contributed by atoms with Gasteiger partial charge in [0.1, 0.15) is 5.82 Å². The van der Waals surface area contributed by atoms with Gasteiger partial charge in [-0.2, -0.15) is 0 Å². The van der Waals surface area contributed by atoms with Crippen molar-refractivity contribution in [3.63, 3.8) is 0 Å². The molecule has 2 amide bonds. The van der Waals surface area contributed by atoms with E-state index in [9.17, 15) is 9.18 Å². The molecule has 0 aliphatic heterocycles. The molecule has 0 atom stereocenters. The Balaban J connectivity index is 2.03. The van der Waals surface area contributed by atoms with E-state index in [-0.39, 0.29) is 5.82 Å². The lowest BCUT2D eigenvalue weighted by molar-refractivity contribution is 0.262. The van der Waals surface area contributed by atoms with Gasteiger partial charge >= 0.3 is 6.03 Å². The third-order valence-electron chi connectivity index (χ3n) is 2.85. The van der Waals surface area contributed by atoms with Crippen LogP contribution in [0.15, 0.2) is 42.5 Å². The van der Waals surface area contributed by atoms with E-state index in [1.165, 1.54) is 6.07 Å². The van der Waals surface area contributed by atoms with Gasteiger partial charge in [-0.05, 0) is 42.3 Å². The van der Waals surface area contributed by atoms with E-state index in [4.69, 9.17) is 5.73 Å². The van der Waals surface area contributed by atoms with E-state index >= 15 is 0 Å². The molecule has 0 aromatic heterocycles. The van der Waals surface area contributed by atoms with Crippen molar-refractivity contribution in [2.45, 2.75) is 13.5 Å². The monoisotopic (exact) mass is 273 g/mol. The van der Waals surface area contributed by atoms with Gasteiger partial charge in [-0.1, -0.05) is 18.2 Å². The Labute approximate surface area is 116 Å². The van der Waals surface area contributed by atoms with Crippen molar-refractivity contribution >= 4 is 17.4 Å². The molecule has 2 aromatic rings. The molecule has 2 aromatic carbocycles. The van der Waals surface area contributed by atoms with Gasteiger partial charge in [0, 0.05) is 17.9 Å². The third kappa shape index (κ3) is 3.55. The minimum Gasteiger partial charge on any atom is -0.326 e. The van der Waals surface area contributed by atoms with Crippen LogP contribution in [-0.2, 0) is 6.54 Å². The number of benzene rings is 2. The lowest BCUT2D eigenvalue weighted by atomic mass is 10.2. The smallest absolute Gasteiger partial charge is 0.323 e. The van der Waals surface area contributed by atoms with Crippen LogP contribution in [0.25, 0.3) is 0 Å². The summed E-state index contributed by atoms with van der Waals surface area (Å²) in [7, 11) is 0. The minimum absolute atomic E-state index is 0.354. The molecule has 4 N–H and O–H groups in total. The molecule has 0 saturated carbocycles. The summed E-state index contributed by atoms with van der Waals surface area (Å²) in [5.74, 6) is -0.354. The largest absolute Gasteiger partial charge is 0.326 e. The number of carbonyl (C=O) groups is 1. The van der Waals surface area contributed by atoms with E-state index in [2.05, 4.69) is 10.6 Å². The van der Waals surface area contributed by atoms with E-state index in [0.717, 1.165) is 5.56 Å². The van der Waals surface area contributed by atoms with Gasteiger partial charge < -0.3 is 16.4 Å². The Kier molecular flexibility index (Phi) is 4.32. The van der Waals surface area contributed by atoms with Crippen molar-refractivity contribution in [3.8, 4) is 0 Å². The topological polar surface area (TPSA) is 67.2 Å². The van der Waals surface area contributed by atoms with Gasteiger partial charge in [0.2, 0.25) is 0 Å². The number of aryl methyl sites for hydroxylation is 1. The van der Waals surface area contributed by atoms with Crippen molar-refractivity contribution in [1.82, 2.24) is 0 Å². The van der Waals surface area contributed by atoms with Gasteiger partial charge in [0.05, 0.1) is 0 Å². The first kappa shape index (κ1) is 14.0. The van der Waals surface area contributed by atoms with Crippen LogP contribution in [0.4, 0.5) is 20.6 Å². The highest BCUT2D eigenvalue weighted by molar-refractivity contribution is 5.99. The summed E-state index contributed by atoms with van der Waals surface area (Å²) in [6.07, 6.45) is 0. The summed E-state index contributed by atoms with van der Waals surface area (Å²) in [6, 6.07) is 11.3. The van der Waals surface area contributed by atoms with Crippen LogP contribution in [0, 0.1) is 12.7 Å². The highest BCUT2D eigenvalue weighted by atomic mass is 19.1. The zero-order valence-electron chi connectivity index (χ0n) is 11.1. The molecule has 0 heterocycles. The van der Waals surface area contributed by atoms with E-state index < -0.39 is 6.03 Å². The van der Waals surface area contributed by atoms with E-state index in [0.29, 0.717) is 23.5 Å². The average Bonchev–Trinajstić information content (AvgIpc) is 2.43. The summed E-state index contributed by atoms with van der Waals surface area (Å²) in [4.78, 5) is 11.8. The lowest BCUT2D eigenvalue weighted by Gasteiger charge is -2.09. The first-order valence-electron chi connectivity index (χ1n) is 6.21. The van der Waals surface area contributed by atoms with Gasteiger partial charge in [0.15, 0.2) is 0 Å². The minimum atomic E-state index is -0.428. The fourth-order valence-corrected chi connectivity index (χ4v) is 1.74. The van der Waals surface area contributed by atoms with Crippen LogP contribution in [0.3, 0.4) is 0 Å². The molecular weight excluding hydrogens is 257 g/mol. The van der Waals surface area contributed by atoms with Gasteiger partial charge in [0.25, 0.3) is 0 Å². The van der Waals surface area contributed by atoms with Crippen LogP contribution in [0.1, 0.15) is 11.1 Å². The van der Waals surface area contributed by atoms with Crippen molar-refractivity contribution in [2.75, 3.05) is 10.6 Å². The van der Waals surface area contributed by atoms with Crippen molar-refractivity contribution < 1.29 is 9.18 Å². The quantitative estimate of drug-likeness (QED) is 0.803. The summed E-state index contributed by atoms with van der Waals surface area (Å²) in [6.45, 7) is 2.07. The predicted octanol–water partition coefficient (Wildman–Crippen LogP) is 3.24. The number of urea groups is 1. The third-order valence-corrected chi connectivity index (χ3v) is 2.85. The van der Waals surface area contributed by atoms with Crippen LogP contribution < -0.4 is 16.4 Å². The van der Waals surface area contributed by atoms with Crippen LogP contribution in [-0.4, -0.2) is 6.03 Å². The number of rotatable bonds is 3. The van der Waals surface area contributed by atoms with Gasteiger partial charge in [-0.25, -0.2) is 9.18 Å². The molecule has 0 unspecified atom stereocenters. The second-order valence-electron chi connectivity index (χ2n) is 4.45. The van der Waals surface area contributed by atoms with Crippen LogP contribution >= 0.6 is 0 Å². The molecule has 0 saturated heterocycles. The Morgan fingerprint density at radius 1 is 1.15 bits per heavy atom. The number of halogens is 1. The lowest BCUT2D eigenvalue weighted by Crippen LogP contribution is -2.19. The molecular formula is C15H16FN3O. The van der Waals surface area contributed by atoms with E-state index in [1.54, 1.807) is 31.2 Å². The second kappa shape index (κ2) is 6.16. The van der Waals surface area contributed by atoms with Gasteiger partial charge in [-0.3, -0.25) is 0 Å². The fraction of sp³-hybridized carbons (Fsp3) is 0.133. The molecule has 0 spiro atoms. The second-order valence-corrected chi connectivity index (χ2v) is 4.45. The summed E-state index contributed by atoms with van der Waals surface area (Å²) in [5, 5.41) is 5.25. The Morgan fingerprint density at radius 3 is 2.50 bits per heavy atom. The molecule has 0 bridgehead atoms. The number of nitrogens with two attached hydrogens (primary N) is 1. The van der Waals surface area contributed by atoms with E-state index in [1.807, 2.05) is 12.1 Å². The first-order valence-corrected chi connectivity index (χ1v) is 6.21. The molecule has 4 nitrogen and oxygen atoms in total. The Morgan fingerprint density at radius 2 is 1.85 bits per heavy atom. The maximum absolute atomic E-state index is 13.4. The molecule has 2 rings (SSSR count). The first-order chi connectivity index (χ1) is 9.58. The highest BCUT2D eigenvalue weighted by Gasteiger charge is 2.05. The summed E-state index contributed by atoms with van der Waals surface area (Å²) >= 11 is 0. The maximum Gasteiger partial charge on any atom is 0.323 e. The Hall–Kier alpha value is -2.40. The molecule has 5 heteroatoms. The standard InChI is InChI=1S/C15H16FN3O/c1-10-5-6-13(8-14(10)16)19-15(20)18-12-4-2-3-11(7-12)9-17/h2-8H,9,17H2,1H3,(H2,18,19,20). The van der Waals surface area contributed by atoms with Crippen molar-refractivity contribution in [1.29, 1.82) is 0 Å². The van der Waals surface area contributed by atoms with Crippen molar-refractivity contribution in [3.05, 3.63) is 59.4 Å². The molecule has 0 aliphatic rings. The molecule has 0 aliphatic carbocycles. The molecule has 0 fully saturated rings. The average molecular weight is 273 g/mol. The molecule has 0 radical (unpaired) electrons. The zero-order chi connectivity index (χ0) is 14.5. The number of hydrogen-bond acceptors (Lipinski definition) is 2. The number of anilines is 2. The number of hydrogen-bond donors (Lipinski definition) is 3. The summed E-state index contributed by atoms with van der Waals surface area (Å²) < 4.78 is 13.4. The predicted molar refractivity (Wildman–Crippen MR) is 78.1 cm³/mol. The highest BCUT2D eigenvalue weighted by Crippen LogP contribution is 2.15. The number of carbonyl (C=O) groups excluding carboxylic acids is 1. The van der Waals surface area contributed by atoms with Gasteiger partial charge in [-0.15, -0.1) is 0 Å². The van der Waals surface area contributed by atoms with Crippen LogP contribution in [0.2, 0.25) is 0 Å². The summed E-state index contributed by atoms with van der Waals surface area (Å²) in [5.41, 5.74) is 8.03. The van der Waals surface area contributed by atoms with Crippen molar-refractivity contribution in [2.24, 2.45) is 5.73 Å². The number of amides is 2. The SMILES string of the molecule is Cc1ccc(NC(=O)Nc2cccc(CN)c2)cc1F. The maximum atomic E-state index is 13.4. The number of nitrogens with one attached hydrogen (secondary N) is 2. The molecule has 104 valence electrons. The molecule has 20 heavy (non-hydrogen) atoms.